The van der Waals surface area contributed by atoms with Crippen LogP contribution in [0.15, 0.2) is 6.20 Å². The van der Waals surface area contributed by atoms with Crippen LogP contribution in [0.25, 0.3) is 0 Å². The van der Waals surface area contributed by atoms with E-state index in [1.807, 2.05) is 0 Å². The van der Waals surface area contributed by atoms with E-state index < -0.39 is 12.4 Å². The molecule has 0 N–H and O–H groups in total. The van der Waals surface area contributed by atoms with Crippen LogP contribution in [0.1, 0.15) is 28.0 Å². The van der Waals surface area contributed by atoms with Crippen LogP contribution in [0.5, 0.6) is 0 Å². The van der Waals surface area contributed by atoms with Crippen molar-refractivity contribution in [3.8, 4) is 0 Å². The second-order valence-corrected chi connectivity index (χ2v) is 3.43. The molecule has 1 aromatic rings. The van der Waals surface area contributed by atoms with E-state index in [9.17, 15) is 13.6 Å². The van der Waals surface area contributed by atoms with E-state index in [1.165, 1.54) is 0 Å². The molecule has 0 bridgehead atoms. The topological polar surface area (TPSA) is 39.2 Å². The van der Waals surface area contributed by atoms with Gasteiger partial charge in [0.15, 0.2) is 5.69 Å². The Morgan fingerprint density at radius 2 is 2.25 bits per heavy atom. The molecule has 0 aliphatic heterocycles. The van der Waals surface area contributed by atoms with Crippen molar-refractivity contribution in [1.29, 1.82) is 0 Å². The van der Waals surface area contributed by atoms with Crippen molar-refractivity contribution in [3.63, 3.8) is 0 Å². The summed E-state index contributed by atoms with van der Waals surface area (Å²) in [6.07, 6.45) is -1.87. The maximum absolute atomic E-state index is 12.5. The molecule has 0 aliphatic rings. The van der Waals surface area contributed by atoms with Gasteiger partial charge in [-0.2, -0.15) is 0 Å². The van der Waals surface area contributed by atoms with Gasteiger partial charge < -0.3 is 4.74 Å². The Bertz CT molecular complexity index is 413. The predicted octanol–water partition coefficient (Wildman–Crippen LogP) is 3.20. The van der Waals surface area contributed by atoms with E-state index in [0.29, 0.717) is 0 Å². The highest BCUT2D eigenvalue weighted by Crippen LogP contribution is 2.31. The summed E-state index contributed by atoms with van der Waals surface area (Å²) in [6.45, 7) is 0. The second-order valence-electron chi connectivity index (χ2n) is 2.78. The van der Waals surface area contributed by atoms with Crippen LogP contribution in [0.2, 0.25) is 5.02 Å². The maximum atomic E-state index is 12.5. The molecular weight excluding hydrogens is 263 g/mol. The van der Waals surface area contributed by atoms with Crippen LogP contribution >= 0.6 is 23.2 Å². The average Bonchev–Trinajstić information content (AvgIpc) is 2.27. The highest BCUT2D eigenvalue weighted by Gasteiger charge is 2.22. The number of carbonyl (C=O) groups is 1. The van der Waals surface area contributed by atoms with Gasteiger partial charge >= 0.3 is 5.97 Å². The Balaban J connectivity index is 3.34. The summed E-state index contributed by atoms with van der Waals surface area (Å²) in [5, 5.41) is -0.195. The fourth-order valence-corrected chi connectivity index (χ4v) is 1.76. The normalized spacial score (nSPS) is 10.6. The van der Waals surface area contributed by atoms with Crippen molar-refractivity contribution < 1.29 is 18.3 Å². The molecule has 0 fully saturated rings. The smallest absolute Gasteiger partial charge is 0.358 e. The quantitative estimate of drug-likeness (QED) is 0.625. The number of methoxy groups -OCH3 is 1. The number of carbonyl (C=O) groups excluding carboxylic acids is 1. The highest BCUT2D eigenvalue weighted by atomic mass is 35.5. The summed E-state index contributed by atoms with van der Waals surface area (Å²) in [6, 6.07) is 0. The summed E-state index contributed by atoms with van der Waals surface area (Å²) < 4.78 is 29.5. The van der Waals surface area contributed by atoms with E-state index in [0.717, 1.165) is 13.3 Å². The Kier molecular flexibility index (Phi) is 4.44. The van der Waals surface area contributed by atoms with Gasteiger partial charge in [-0.05, 0) is 5.56 Å². The molecule has 0 atom stereocenters. The van der Waals surface area contributed by atoms with Crippen molar-refractivity contribution in [2.24, 2.45) is 0 Å². The van der Waals surface area contributed by atoms with Crippen molar-refractivity contribution in [1.82, 2.24) is 4.98 Å². The summed E-state index contributed by atoms with van der Waals surface area (Å²) >= 11 is 11.3. The highest BCUT2D eigenvalue weighted by molar-refractivity contribution is 6.34. The van der Waals surface area contributed by atoms with Crippen molar-refractivity contribution in [2.75, 3.05) is 7.11 Å². The zero-order valence-electron chi connectivity index (χ0n) is 8.14. The van der Waals surface area contributed by atoms with Crippen LogP contribution in [0, 0.1) is 0 Å². The molecule has 16 heavy (non-hydrogen) atoms. The Labute approximate surface area is 100 Å². The number of rotatable bonds is 3. The molecule has 0 aromatic carbocycles. The number of alkyl halides is 3. The summed E-state index contributed by atoms with van der Waals surface area (Å²) in [4.78, 5) is 14.7. The first-order valence-electron chi connectivity index (χ1n) is 4.12. The summed E-state index contributed by atoms with van der Waals surface area (Å²) in [7, 11) is 1.14. The van der Waals surface area contributed by atoms with Gasteiger partial charge in [0.2, 0.25) is 0 Å². The number of hydrogen-bond acceptors (Lipinski definition) is 3. The molecule has 0 aliphatic carbocycles. The van der Waals surface area contributed by atoms with E-state index in [-0.39, 0.29) is 27.7 Å². The van der Waals surface area contributed by atoms with Gasteiger partial charge in [-0.3, -0.25) is 0 Å². The van der Waals surface area contributed by atoms with Crippen molar-refractivity contribution in [3.05, 3.63) is 28.0 Å². The lowest BCUT2D eigenvalue weighted by atomic mass is 10.1. The standard InChI is InChI=1S/C9H7Cl2F2NO2/c1-16-9(15)7-6(11)4(2-10)5(3-14-7)8(12)13/h3,8H,2H2,1H3. The molecule has 1 rings (SSSR count). The zero-order valence-corrected chi connectivity index (χ0v) is 9.65. The minimum absolute atomic E-state index is 0.00580. The largest absolute Gasteiger partial charge is 0.464 e. The van der Waals surface area contributed by atoms with E-state index in [1.54, 1.807) is 0 Å². The van der Waals surface area contributed by atoms with E-state index in [4.69, 9.17) is 23.2 Å². The predicted molar refractivity (Wildman–Crippen MR) is 55.1 cm³/mol. The monoisotopic (exact) mass is 269 g/mol. The first-order valence-corrected chi connectivity index (χ1v) is 5.03. The second kappa shape index (κ2) is 5.41. The van der Waals surface area contributed by atoms with Crippen LogP contribution in [-0.4, -0.2) is 18.1 Å². The van der Waals surface area contributed by atoms with Crippen molar-refractivity contribution in [2.45, 2.75) is 12.3 Å². The summed E-state index contributed by atoms with van der Waals surface area (Å²) in [5.74, 6) is -1.03. The lowest BCUT2D eigenvalue weighted by Gasteiger charge is -2.10. The number of nitrogens with zero attached hydrogens (tertiary/aromatic N) is 1. The molecule has 0 unspecified atom stereocenters. The van der Waals surface area contributed by atoms with Gasteiger partial charge in [-0.25, -0.2) is 18.6 Å². The molecule has 0 radical (unpaired) electrons. The average molecular weight is 270 g/mol. The van der Waals surface area contributed by atoms with Gasteiger partial charge in [0, 0.05) is 17.6 Å². The minimum Gasteiger partial charge on any atom is -0.464 e. The maximum Gasteiger partial charge on any atom is 0.358 e. The Morgan fingerprint density at radius 3 is 2.69 bits per heavy atom. The first kappa shape index (κ1) is 13.1. The van der Waals surface area contributed by atoms with Crippen LogP contribution in [-0.2, 0) is 10.6 Å². The SMILES string of the molecule is COC(=O)c1ncc(C(F)F)c(CCl)c1Cl. The number of aromatic nitrogens is 1. The molecule has 7 heteroatoms. The van der Waals surface area contributed by atoms with Gasteiger partial charge in [0.1, 0.15) is 0 Å². The fourth-order valence-electron chi connectivity index (χ4n) is 1.10. The number of halogens is 4. The van der Waals surface area contributed by atoms with Gasteiger partial charge in [0.05, 0.1) is 12.1 Å². The van der Waals surface area contributed by atoms with Crippen LogP contribution in [0.4, 0.5) is 8.78 Å². The Hall–Kier alpha value is -0.940. The number of ether oxygens (including phenoxy) is 1. The molecule has 0 saturated carbocycles. The lowest BCUT2D eigenvalue weighted by Crippen LogP contribution is -2.08. The number of esters is 1. The molecule has 3 nitrogen and oxygen atoms in total. The molecule has 0 spiro atoms. The van der Waals surface area contributed by atoms with Gasteiger partial charge in [0.25, 0.3) is 6.43 Å². The third kappa shape index (κ3) is 2.41. The number of pyridine rings is 1. The number of hydrogen-bond donors (Lipinski definition) is 0. The molecule has 1 heterocycles. The van der Waals surface area contributed by atoms with E-state index >= 15 is 0 Å². The zero-order chi connectivity index (χ0) is 12.3. The van der Waals surface area contributed by atoms with E-state index in [2.05, 4.69) is 9.72 Å². The lowest BCUT2D eigenvalue weighted by molar-refractivity contribution is 0.0593. The molecule has 1 aromatic heterocycles. The summed E-state index contributed by atoms with van der Waals surface area (Å²) in [5.41, 5.74) is -0.606. The first-order chi connectivity index (χ1) is 7.52. The minimum atomic E-state index is -2.74. The third-order valence-electron chi connectivity index (χ3n) is 1.90. The Morgan fingerprint density at radius 1 is 1.62 bits per heavy atom. The van der Waals surface area contributed by atoms with Crippen LogP contribution in [0.3, 0.4) is 0 Å². The van der Waals surface area contributed by atoms with Gasteiger partial charge in [-0.1, -0.05) is 11.6 Å². The molecule has 0 saturated heterocycles. The third-order valence-corrected chi connectivity index (χ3v) is 2.58. The van der Waals surface area contributed by atoms with Crippen molar-refractivity contribution >= 4 is 29.2 Å². The van der Waals surface area contributed by atoms with Crippen LogP contribution < -0.4 is 0 Å². The van der Waals surface area contributed by atoms with Gasteiger partial charge in [-0.15, -0.1) is 11.6 Å². The molecular formula is C9H7Cl2F2NO2. The molecule has 88 valence electrons. The molecule has 0 amide bonds. The fraction of sp³-hybridized carbons (Fsp3) is 0.333.